The van der Waals surface area contributed by atoms with Crippen molar-refractivity contribution in [2.45, 2.75) is 44.3 Å². The number of amides is 2. The zero-order chi connectivity index (χ0) is 31.3. The average Bonchev–Trinajstić information content (AvgIpc) is 3.09. The molecule has 2 amide bonds. The number of nitrogens with zero attached hydrogens (tertiary/aromatic N) is 4. The Balaban J connectivity index is 1.27. The molecule has 0 aliphatic heterocycles. The molecular weight excluding hydrogens is 568 g/mol. The number of nitriles is 1. The van der Waals surface area contributed by atoms with Crippen LogP contribution < -0.4 is 20.3 Å². The SMILES string of the molecule is N#Cc1ccc(NC2CCC(N(C(=O)NCc3ccccc3)c3ccc(-c4ccnc(OCCOCCO)c4)cc3)CC2)nc1. The molecule has 5 rings (SSSR count). The molecule has 2 aromatic carbocycles. The van der Waals surface area contributed by atoms with E-state index in [0.717, 1.165) is 53.9 Å². The van der Waals surface area contributed by atoms with Crippen LogP contribution >= 0.6 is 0 Å². The molecule has 1 aliphatic carbocycles. The second kappa shape index (κ2) is 16.2. The summed E-state index contributed by atoms with van der Waals surface area (Å²) in [5, 5.41) is 24.5. The Bertz CT molecular complexity index is 1540. The van der Waals surface area contributed by atoms with Crippen molar-refractivity contribution in [3.05, 3.63) is 102 Å². The van der Waals surface area contributed by atoms with Crippen LogP contribution in [0.15, 0.2) is 91.3 Å². The summed E-state index contributed by atoms with van der Waals surface area (Å²) in [7, 11) is 0. The minimum Gasteiger partial charge on any atom is -0.475 e. The van der Waals surface area contributed by atoms with E-state index in [1.807, 2.05) is 77.7 Å². The first-order valence-corrected chi connectivity index (χ1v) is 15.2. The number of hydrogen-bond acceptors (Lipinski definition) is 8. The fourth-order valence-corrected chi connectivity index (χ4v) is 5.44. The van der Waals surface area contributed by atoms with E-state index in [4.69, 9.17) is 19.8 Å². The lowest BCUT2D eigenvalue weighted by Crippen LogP contribution is -2.48. The zero-order valence-electron chi connectivity index (χ0n) is 25.1. The number of nitrogens with one attached hydrogen (secondary N) is 2. The molecule has 0 atom stereocenters. The molecule has 45 heavy (non-hydrogen) atoms. The molecule has 0 bridgehead atoms. The van der Waals surface area contributed by atoms with E-state index >= 15 is 0 Å². The Kier molecular flexibility index (Phi) is 11.3. The van der Waals surface area contributed by atoms with Gasteiger partial charge >= 0.3 is 6.03 Å². The Hall–Kier alpha value is -4.98. The van der Waals surface area contributed by atoms with E-state index in [1.54, 1.807) is 18.5 Å². The second-order valence-corrected chi connectivity index (χ2v) is 10.8. The van der Waals surface area contributed by atoms with Crippen LogP contribution in [0.25, 0.3) is 11.1 Å². The van der Waals surface area contributed by atoms with Gasteiger partial charge in [-0.15, -0.1) is 0 Å². The van der Waals surface area contributed by atoms with Gasteiger partial charge in [-0.2, -0.15) is 5.26 Å². The fourth-order valence-electron chi connectivity index (χ4n) is 5.44. The molecule has 2 heterocycles. The van der Waals surface area contributed by atoms with Gasteiger partial charge < -0.3 is 25.2 Å². The highest BCUT2D eigenvalue weighted by molar-refractivity contribution is 5.93. The van der Waals surface area contributed by atoms with Crippen LogP contribution in [0, 0.1) is 11.3 Å². The van der Waals surface area contributed by atoms with Gasteiger partial charge in [0.05, 0.1) is 25.4 Å². The van der Waals surface area contributed by atoms with Crippen molar-refractivity contribution in [1.82, 2.24) is 15.3 Å². The summed E-state index contributed by atoms with van der Waals surface area (Å²) < 4.78 is 11.0. The summed E-state index contributed by atoms with van der Waals surface area (Å²) in [4.78, 5) is 24.3. The monoisotopic (exact) mass is 606 g/mol. The van der Waals surface area contributed by atoms with E-state index in [9.17, 15) is 4.79 Å². The van der Waals surface area contributed by atoms with Gasteiger partial charge in [0.2, 0.25) is 5.88 Å². The molecule has 4 aromatic rings. The third-order valence-electron chi connectivity index (χ3n) is 7.74. The van der Waals surface area contributed by atoms with Gasteiger partial charge in [0.15, 0.2) is 0 Å². The number of pyridine rings is 2. The Morgan fingerprint density at radius 2 is 1.73 bits per heavy atom. The van der Waals surface area contributed by atoms with Crippen molar-refractivity contribution < 1.29 is 19.4 Å². The van der Waals surface area contributed by atoms with Crippen molar-refractivity contribution in [3.63, 3.8) is 0 Å². The van der Waals surface area contributed by atoms with Crippen molar-refractivity contribution in [1.29, 1.82) is 5.26 Å². The number of carbonyl (C=O) groups excluding carboxylic acids is 1. The summed E-state index contributed by atoms with van der Waals surface area (Å²) in [5.41, 5.74) is 4.34. The van der Waals surface area contributed by atoms with Crippen LogP contribution in [-0.4, -0.2) is 59.6 Å². The molecule has 0 radical (unpaired) electrons. The van der Waals surface area contributed by atoms with E-state index < -0.39 is 0 Å². The van der Waals surface area contributed by atoms with E-state index in [1.165, 1.54) is 0 Å². The summed E-state index contributed by atoms with van der Waals surface area (Å²) in [5.74, 6) is 1.25. The Labute approximate surface area is 263 Å². The molecule has 0 saturated heterocycles. The van der Waals surface area contributed by atoms with E-state index in [-0.39, 0.29) is 31.3 Å². The van der Waals surface area contributed by atoms with Crippen LogP contribution in [0.1, 0.15) is 36.8 Å². The quantitative estimate of drug-likeness (QED) is 0.169. The maximum atomic E-state index is 13.7. The summed E-state index contributed by atoms with van der Waals surface area (Å²) in [6.07, 6.45) is 6.72. The highest BCUT2D eigenvalue weighted by Crippen LogP contribution is 2.31. The minimum atomic E-state index is -0.125. The molecule has 1 aliphatic rings. The standard InChI is InChI=1S/C35H38N6O4/c36-23-27-6-15-33(38-25-27)40-30-9-13-32(14-10-30)41(35(43)39-24-26-4-2-1-3-5-26)31-11-7-28(8-12-31)29-16-17-37-34(22-29)45-21-20-44-19-18-42/h1-8,11-12,15-17,22,25,30,32,42H,9-10,13-14,18-21,24H2,(H,38,40)(H,39,43). The number of anilines is 2. The number of aliphatic hydroxyl groups is 1. The van der Waals surface area contributed by atoms with Gasteiger partial charge in [-0.05, 0) is 72.7 Å². The summed E-state index contributed by atoms with van der Waals surface area (Å²) >= 11 is 0. The minimum absolute atomic E-state index is 0.0219. The van der Waals surface area contributed by atoms with Crippen molar-refractivity contribution >= 4 is 17.5 Å². The van der Waals surface area contributed by atoms with Gasteiger partial charge in [-0.25, -0.2) is 14.8 Å². The number of carbonyl (C=O) groups is 1. The number of hydrogen-bond donors (Lipinski definition) is 3. The van der Waals surface area contributed by atoms with Gasteiger partial charge in [-0.3, -0.25) is 4.90 Å². The second-order valence-electron chi connectivity index (χ2n) is 10.8. The maximum absolute atomic E-state index is 13.7. The number of rotatable bonds is 13. The third-order valence-corrected chi connectivity index (χ3v) is 7.74. The van der Waals surface area contributed by atoms with Crippen LogP contribution in [0.4, 0.5) is 16.3 Å². The van der Waals surface area contributed by atoms with Gasteiger partial charge in [0, 0.05) is 42.8 Å². The molecule has 10 heteroatoms. The largest absolute Gasteiger partial charge is 0.475 e. The highest BCUT2D eigenvalue weighted by atomic mass is 16.5. The van der Waals surface area contributed by atoms with Crippen LogP contribution in [-0.2, 0) is 11.3 Å². The molecule has 2 aromatic heterocycles. The first kappa shape index (κ1) is 31.4. The van der Waals surface area contributed by atoms with Crippen molar-refractivity contribution in [2.24, 2.45) is 0 Å². The van der Waals surface area contributed by atoms with Crippen LogP contribution in [0.3, 0.4) is 0 Å². The predicted octanol–water partition coefficient (Wildman–Crippen LogP) is 5.54. The average molecular weight is 607 g/mol. The molecule has 10 nitrogen and oxygen atoms in total. The fraction of sp³-hybridized carbons (Fsp3) is 0.314. The van der Waals surface area contributed by atoms with E-state index in [0.29, 0.717) is 31.2 Å². The van der Waals surface area contributed by atoms with Crippen LogP contribution in [0.5, 0.6) is 5.88 Å². The molecule has 3 N–H and O–H groups in total. The summed E-state index contributed by atoms with van der Waals surface area (Å²) in [6.45, 7) is 1.41. The lowest BCUT2D eigenvalue weighted by Gasteiger charge is -2.37. The number of ether oxygens (including phenoxy) is 2. The topological polar surface area (TPSA) is 133 Å². The van der Waals surface area contributed by atoms with Crippen molar-refractivity contribution in [2.75, 3.05) is 36.6 Å². The first-order chi connectivity index (χ1) is 22.1. The highest BCUT2D eigenvalue weighted by Gasteiger charge is 2.30. The predicted molar refractivity (Wildman–Crippen MR) is 173 cm³/mol. The first-order valence-electron chi connectivity index (χ1n) is 15.2. The van der Waals surface area contributed by atoms with Crippen LogP contribution in [0.2, 0.25) is 0 Å². The van der Waals surface area contributed by atoms with Crippen molar-refractivity contribution in [3.8, 4) is 23.1 Å². The lowest BCUT2D eigenvalue weighted by atomic mass is 9.89. The maximum Gasteiger partial charge on any atom is 0.322 e. The van der Waals surface area contributed by atoms with E-state index in [2.05, 4.69) is 26.7 Å². The number of aliphatic hydroxyl groups excluding tert-OH is 1. The van der Waals surface area contributed by atoms with Gasteiger partial charge in [0.1, 0.15) is 18.5 Å². The third kappa shape index (κ3) is 9.01. The molecule has 0 spiro atoms. The Morgan fingerprint density at radius 3 is 2.44 bits per heavy atom. The molecule has 1 fully saturated rings. The van der Waals surface area contributed by atoms with Gasteiger partial charge in [-0.1, -0.05) is 42.5 Å². The molecule has 0 unspecified atom stereocenters. The molecular formula is C35H38N6O4. The Morgan fingerprint density at radius 1 is 0.933 bits per heavy atom. The zero-order valence-corrected chi connectivity index (χ0v) is 25.1. The lowest BCUT2D eigenvalue weighted by molar-refractivity contribution is 0.0695. The van der Waals surface area contributed by atoms with Gasteiger partial charge in [0.25, 0.3) is 0 Å². The summed E-state index contributed by atoms with van der Waals surface area (Å²) in [6, 6.07) is 27.6. The number of urea groups is 1. The normalized spacial score (nSPS) is 15.9. The molecule has 1 saturated carbocycles. The molecule has 232 valence electrons. The number of benzene rings is 2. The number of aromatic nitrogens is 2. The smallest absolute Gasteiger partial charge is 0.322 e.